The Morgan fingerprint density at radius 2 is 1.36 bits per heavy atom. The molecule has 5 heteroatoms. The van der Waals surface area contributed by atoms with Crippen molar-refractivity contribution in [2.75, 3.05) is 0 Å². The Kier molecular flexibility index (Phi) is 6.57. The van der Waals surface area contributed by atoms with Crippen LogP contribution < -0.4 is 4.74 Å². The van der Waals surface area contributed by atoms with E-state index in [4.69, 9.17) is 9.72 Å². The van der Waals surface area contributed by atoms with Crippen LogP contribution in [-0.2, 0) is 26.5 Å². The molecule has 0 amide bonds. The van der Waals surface area contributed by atoms with Crippen molar-refractivity contribution in [2.24, 2.45) is 0 Å². The first kappa shape index (κ1) is 26.1. The Balaban J connectivity index is 0.00000288. The van der Waals surface area contributed by atoms with Crippen molar-refractivity contribution >= 4 is 10.8 Å². The van der Waals surface area contributed by atoms with Crippen LogP contribution in [-0.4, -0.2) is 14.5 Å². The zero-order chi connectivity index (χ0) is 27.2. The first-order valence-corrected chi connectivity index (χ1v) is 13.6. The van der Waals surface area contributed by atoms with Gasteiger partial charge in [-0.05, 0) is 51.4 Å². The van der Waals surface area contributed by atoms with Gasteiger partial charge in [0.1, 0.15) is 0 Å². The molecule has 4 aromatic carbocycles. The third kappa shape index (κ3) is 4.10. The third-order valence-corrected chi connectivity index (χ3v) is 7.86. The summed E-state index contributed by atoms with van der Waals surface area (Å²) in [6.45, 7) is 0. The second-order valence-electron chi connectivity index (χ2n) is 10.1. The Bertz CT molecular complexity index is 2000. The second kappa shape index (κ2) is 10.6. The molecule has 4 nitrogen and oxygen atoms in total. The van der Waals surface area contributed by atoms with Crippen molar-refractivity contribution in [3.05, 3.63) is 175 Å². The summed E-state index contributed by atoms with van der Waals surface area (Å²) in [7, 11) is 0. The number of ether oxygens (including phenoxy) is 1. The van der Waals surface area contributed by atoms with E-state index < -0.39 is 5.41 Å². The summed E-state index contributed by atoms with van der Waals surface area (Å²) in [5, 5.41) is 2.23. The van der Waals surface area contributed by atoms with Gasteiger partial charge >= 0.3 is 21.1 Å². The summed E-state index contributed by atoms with van der Waals surface area (Å²) < 4.78 is 8.20. The monoisotopic (exact) mass is 720 g/mol. The largest absolute Gasteiger partial charge is 2.00 e. The summed E-state index contributed by atoms with van der Waals surface area (Å²) in [5.41, 5.74) is 6.09. The molecule has 3 aromatic heterocycles. The van der Waals surface area contributed by atoms with Crippen molar-refractivity contribution in [1.29, 1.82) is 0 Å². The molecular weight excluding hydrogens is 698 g/mol. The van der Waals surface area contributed by atoms with E-state index in [9.17, 15) is 0 Å². The standard InChI is InChI=1S/C37H23N3O.Pt/c1-2-11-27-24-39-36(22-26(27)10-1)40-21-19-30(25-40)41-29-13-9-12-28(23-29)37(35-18-7-8-20-38-35)33-16-5-3-14-31(33)32-15-4-6-17-34(32)37;/h1-22,24H;/q-2;+2. The number of rotatable bonds is 5. The van der Waals surface area contributed by atoms with Crippen LogP contribution in [0.1, 0.15) is 22.4 Å². The molecule has 202 valence electrons. The van der Waals surface area contributed by atoms with Crippen LogP contribution in [0.4, 0.5) is 0 Å². The fourth-order valence-corrected chi connectivity index (χ4v) is 6.10. The van der Waals surface area contributed by atoms with Gasteiger partial charge in [0.05, 0.1) is 22.7 Å². The molecule has 0 unspecified atom stereocenters. The molecule has 7 aromatic rings. The van der Waals surface area contributed by atoms with Gasteiger partial charge in [0, 0.05) is 18.1 Å². The normalized spacial score (nSPS) is 12.8. The van der Waals surface area contributed by atoms with E-state index in [2.05, 4.69) is 90.0 Å². The molecule has 0 bridgehead atoms. The first-order chi connectivity index (χ1) is 20.3. The molecule has 42 heavy (non-hydrogen) atoms. The SMILES string of the molecule is [Pt+2].[c-]1c(Oc2[c-]n(-c3cc4ccccc4cn3)cc2)cccc1C1(c2ccccn2)c2ccccc2-c2ccccc21. The van der Waals surface area contributed by atoms with Gasteiger partial charge in [0.15, 0.2) is 0 Å². The molecule has 0 atom stereocenters. The minimum atomic E-state index is -0.627. The molecule has 0 radical (unpaired) electrons. The van der Waals surface area contributed by atoms with Crippen molar-refractivity contribution in [3.63, 3.8) is 0 Å². The predicted molar refractivity (Wildman–Crippen MR) is 160 cm³/mol. The fraction of sp³-hybridized carbons (Fsp3) is 0.0270. The predicted octanol–water partition coefficient (Wildman–Crippen LogP) is 8.17. The topological polar surface area (TPSA) is 39.9 Å². The number of pyridine rings is 2. The number of hydrogen-bond donors (Lipinski definition) is 0. The van der Waals surface area contributed by atoms with Crippen LogP contribution >= 0.6 is 0 Å². The molecule has 1 aliphatic carbocycles. The van der Waals surface area contributed by atoms with E-state index in [0.29, 0.717) is 11.5 Å². The minimum absolute atomic E-state index is 0. The zero-order valence-electron chi connectivity index (χ0n) is 22.3. The quantitative estimate of drug-likeness (QED) is 0.169. The molecule has 0 N–H and O–H groups in total. The fourth-order valence-electron chi connectivity index (χ4n) is 6.10. The van der Waals surface area contributed by atoms with E-state index in [0.717, 1.165) is 27.8 Å². The van der Waals surface area contributed by atoms with Gasteiger partial charge in [-0.25, -0.2) is 0 Å². The van der Waals surface area contributed by atoms with Gasteiger partial charge in [0.2, 0.25) is 0 Å². The van der Waals surface area contributed by atoms with E-state index in [1.807, 2.05) is 71.7 Å². The molecule has 3 heterocycles. The second-order valence-corrected chi connectivity index (χ2v) is 10.1. The average Bonchev–Trinajstić information content (AvgIpc) is 3.63. The van der Waals surface area contributed by atoms with Gasteiger partial charge in [-0.15, -0.1) is 30.0 Å². The Morgan fingerprint density at radius 1 is 0.643 bits per heavy atom. The van der Waals surface area contributed by atoms with Gasteiger partial charge in [-0.3, -0.25) is 9.97 Å². The maximum atomic E-state index is 6.34. The van der Waals surface area contributed by atoms with Crippen molar-refractivity contribution in [2.45, 2.75) is 5.41 Å². The summed E-state index contributed by atoms with van der Waals surface area (Å²) >= 11 is 0. The number of hydrogen-bond acceptors (Lipinski definition) is 3. The number of nitrogens with zero attached hydrogens (tertiary/aromatic N) is 3. The Labute approximate surface area is 258 Å². The van der Waals surface area contributed by atoms with Crippen LogP contribution in [0.25, 0.3) is 27.7 Å². The van der Waals surface area contributed by atoms with Crippen molar-refractivity contribution in [1.82, 2.24) is 14.5 Å². The molecule has 0 saturated heterocycles. The van der Waals surface area contributed by atoms with E-state index in [-0.39, 0.29) is 21.1 Å². The van der Waals surface area contributed by atoms with Gasteiger partial charge < -0.3 is 9.30 Å². The molecular formula is C37H23N3OPt. The summed E-state index contributed by atoms with van der Waals surface area (Å²) in [5.74, 6) is 1.98. The van der Waals surface area contributed by atoms with Gasteiger partial charge in [-0.1, -0.05) is 84.9 Å². The molecule has 0 saturated carbocycles. The summed E-state index contributed by atoms with van der Waals surface area (Å²) in [4.78, 5) is 9.51. The number of fused-ring (bicyclic) bond motifs is 4. The number of aromatic nitrogens is 3. The third-order valence-electron chi connectivity index (χ3n) is 7.86. The average molecular weight is 721 g/mol. The Hall–Kier alpha value is -4.79. The molecule has 1 aliphatic rings. The minimum Gasteiger partial charge on any atom is -0.502 e. The summed E-state index contributed by atoms with van der Waals surface area (Å²) in [6, 6.07) is 45.1. The zero-order valence-corrected chi connectivity index (χ0v) is 24.6. The van der Waals surface area contributed by atoms with Crippen molar-refractivity contribution < 1.29 is 25.8 Å². The summed E-state index contributed by atoms with van der Waals surface area (Å²) in [6.07, 6.45) is 8.96. The van der Waals surface area contributed by atoms with Gasteiger partial charge in [-0.2, -0.15) is 12.1 Å². The van der Waals surface area contributed by atoms with Crippen molar-refractivity contribution in [3.8, 4) is 28.4 Å². The van der Waals surface area contributed by atoms with Crippen LogP contribution in [0.5, 0.6) is 11.5 Å². The van der Waals surface area contributed by atoms with Crippen LogP contribution in [0.15, 0.2) is 140 Å². The van der Waals surface area contributed by atoms with E-state index >= 15 is 0 Å². The van der Waals surface area contributed by atoms with E-state index in [1.54, 1.807) is 0 Å². The van der Waals surface area contributed by atoms with Crippen LogP contribution in [0.3, 0.4) is 0 Å². The Morgan fingerprint density at radius 3 is 2.12 bits per heavy atom. The van der Waals surface area contributed by atoms with E-state index in [1.165, 1.54) is 22.3 Å². The molecule has 0 spiro atoms. The van der Waals surface area contributed by atoms with Crippen LogP contribution in [0.2, 0.25) is 0 Å². The maximum absolute atomic E-state index is 6.34. The molecule has 0 fully saturated rings. The van der Waals surface area contributed by atoms with Gasteiger partial charge in [0.25, 0.3) is 0 Å². The first-order valence-electron chi connectivity index (χ1n) is 13.6. The molecule has 0 aliphatic heterocycles. The maximum Gasteiger partial charge on any atom is 2.00 e. The number of benzene rings is 4. The van der Waals surface area contributed by atoms with Crippen LogP contribution in [0, 0.1) is 12.3 Å². The smallest absolute Gasteiger partial charge is 0.502 e. The molecule has 8 rings (SSSR count).